The Morgan fingerprint density at radius 2 is 0.900 bits per heavy atom. The summed E-state index contributed by atoms with van der Waals surface area (Å²) in [6.45, 7) is 5.15. The van der Waals surface area contributed by atoms with Gasteiger partial charge < -0.3 is 40.0 Å². The van der Waals surface area contributed by atoms with Gasteiger partial charge >= 0.3 is 5.97 Å². The molecule has 40 heavy (non-hydrogen) atoms. The Hall–Kier alpha value is -2.28. The lowest BCUT2D eigenvalue weighted by Crippen LogP contribution is -2.31. The van der Waals surface area contributed by atoms with Gasteiger partial charge in [0, 0.05) is 32.5 Å². The molecule has 0 radical (unpaired) electrons. The van der Waals surface area contributed by atoms with Gasteiger partial charge in [-0.1, -0.05) is 51.4 Å². The summed E-state index contributed by atoms with van der Waals surface area (Å²) in [4.78, 5) is 45.2. The number of ether oxygens (including phenoxy) is 4. The summed E-state index contributed by atoms with van der Waals surface area (Å²) in [7, 11) is 0. The van der Waals surface area contributed by atoms with Gasteiger partial charge in [0.25, 0.3) is 0 Å². The molecular formula is C28H53N3O9. The number of aliphatic carboxylic acids is 1. The van der Waals surface area contributed by atoms with E-state index in [-0.39, 0.29) is 44.0 Å². The second-order valence-corrected chi connectivity index (χ2v) is 9.41. The molecule has 0 aliphatic carbocycles. The van der Waals surface area contributed by atoms with Crippen molar-refractivity contribution in [2.24, 2.45) is 0 Å². The van der Waals surface area contributed by atoms with Crippen LogP contribution in [-0.4, -0.2) is 101 Å². The first kappa shape index (κ1) is 37.7. The maximum Gasteiger partial charge on any atom is 0.303 e. The second kappa shape index (κ2) is 29.7. The summed E-state index contributed by atoms with van der Waals surface area (Å²) < 4.78 is 21.1. The number of hydrogen-bond acceptors (Lipinski definition) is 8. The van der Waals surface area contributed by atoms with Crippen LogP contribution >= 0.6 is 0 Å². The molecule has 0 aliphatic rings. The molecule has 0 heterocycles. The third kappa shape index (κ3) is 30.3. The normalized spacial score (nSPS) is 10.8. The molecular weight excluding hydrogens is 522 g/mol. The van der Waals surface area contributed by atoms with Crippen LogP contribution in [0.4, 0.5) is 0 Å². The highest BCUT2D eigenvalue weighted by atomic mass is 16.5. The minimum absolute atomic E-state index is 0.00755. The van der Waals surface area contributed by atoms with Gasteiger partial charge in [0.15, 0.2) is 0 Å². The van der Waals surface area contributed by atoms with Crippen LogP contribution in [0.2, 0.25) is 0 Å². The zero-order valence-corrected chi connectivity index (χ0v) is 24.5. The van der Waals surface area contributed by atoms with Crippen LogP contribution in [-0.2, 0) is 38.1 Å². The van der Waals surface area contributed by atoms with E-state index >= 15 is 0 Å². The fraction of sp³-hybridized carbons (Fsp3) is 0.857. The third-order valence-electron chi connectivity index (χ3n) is 5.77. The molecule has 234 valence electrons. The summed E-state index contributed by atoms with van der Waals surface area (Å²) in [5.74, 6) is -1.08. The average molecular weight is 576 g/mol. The second-order valence-electron chi connectivity index (χ2n) is 9.41. The maximum absolute atomic E-state index is 11.9. The highest BCUT2D eigenvalue weighted by molar-refractivity contribution is 5.77. The average Bonchev–Trinajstić information content (AvgIpc) is 2.92. The van der Waals surface area contributed by atoms with Crippen LogP contribution in [0, 0.1) is 0 Å². The lowest BCUT2D eigenvalue weighted by molar-refractivity contribution is -0.137. The summed E-state index contributed by atoms with van der Waals surface area (Å²) >= 11 is 0. The monoisotopic (exact) mass is 575 g/mol. The topological polar surface area (TPSA) is 162 Å². The van der Waals surface area contributed by atoms with E-state index in [1.54, 1.807) is 0 Å². The largest absolute Gasteiger partial charge is 0.481 e. The maximum atomic E-state index is 11.9. The molecule has 0 saturated heterocycles. The summed E-state index contributed by atoms with van der Waals surface area (Å²) in [6.07, 6.45) is 11.5. The molecule has 0 spiro atoms. The van der Waals surface area contributed by atoms with E-state index in [1.807, 2.05) is 6.92 Å². The van der Waals surface area contributed by atoms with Gasteiger partial charge in [-0.15, -0.1) is 0 Å². The molecule has 0 aliphatic heterocycles. The minimum Gasteiger partial charge on any atom is -0.481 e. The highest BCUT2D eigenvalue weighted by Crippen LogP contribution is 2.12. The molecule has 0 fully saturated rings. The van der Waals surface area contributed by atoms with E-state index in [4.69, 9.17) is 24.1 Å². The number of carbonyl (C=O) groups is 4. The third-order valence-corrected chi connectivity index (χ3v) is 5.77. The number of rotatable bonds is 30. The number of carboxylic acid groups (broad SMARTS) is 1. The Morgan fingerprint density at radius 1 is 0.500 bits per heavy atom. The summed E-state index contributed by atoms with van der Waals surface area (Å²) in [5, 5.41) is 16.8. The number of likely N-dealkylation sites (N-methyl/N-ethyl adjacent to an activating group) is 1. The van der Waals surface area contributed by atoms with Crippen molar-refractivity contribution in [1.82, 2.24) is 16.0 Å². The molecule has 0 rings (SSSR count). The Balaban J connectivity index is 3.29. The molecule has 12 heteroatoms. The van der Waals surface area contributed by atoms with E-state index in [0.29, 0.717) is 59.1 Å². The SMILES string of the molecule is CCNC(=O)COCCOCCNC(=O)COCCOCCNC(=O)CCCCCCCCCCCCC(=O)O. The van der Waals surface area contributed by atoms with Crippen LogP contribution in [0.25, 0.3) is 0 Å². The lowest BCUT2D eigenvalue weighted by atomic mass is 10.1. The van der Waals surface area contributed by atoms with Gasteiger partial charge in [0.2, 0.25) is 17.7 Å². The van der Waals surface area contributed by atoms with Crippen molar-refractivity contribution in [3.05, 3.63) is 0 Å². The Bertz CT molecular complexity index is 651. The summed E-state index contributed by atoms with van der Waals surface area (Å²) in [5.41, 5.74) is 0. The van der Waals surface area contributed by atoms with Gasteiger partial charge in [-0.3, -0.25) is 19.2 Å². The van der Waals surface area contributed by atoms with E-state index in [9.17, 15) is 19.2 Å². The van der Waals surface area contributed by atoms with Crippen LogP contribution in [0.3, 0.4) is 0 Å². The molecule has 0 bridgehead atoms. The molecule has 3 amide bonds. The first-order valence-electron chi connectivity index (χ1n) is 14.8. The standard InChI is InChI=1S/C28H53N3O9/c1-2-29-26(33)23-39-21-19-38-18-16-31-27(34)24-40-22-20-37-17-15-30-25(32)13-11-9-7-5-3-4-6-8-10-12-14-28(35)36/h2-24H2,1H3,(H,29,33)(H,30,32)(H,31,34)(H,35,36). The fourth-order valence-corrected chi connectivity index (χ4v) is 3.66. The van der Waals surface area contributed by atoms with Crippen molar-refractivity contribution >= 4 is 23.7 Å². The molecule has 12 nitrogen and oxygen atoms in total. The van der Waals surface area contributed by atoms with E-state index < -0.39 is 5.97 Å². The number of nitrogens with one attached hydrogen (secondary N) is 3. The number of carboxylic acids is 1. The molecule has 0 aromatic heterocycles. The van der Waals surface area contributed by atoms with Gasteiger partial charge in [-0.25, -0.2) is 0 Å². The van der Waals surface area contributed by atoms with Crippen LogP contribution < -0.4 is 16.0 Å². The van der Waals surface area contributed by atoms with Gasteiger partial charge in [-0.05, 0) is 19.8 Å². The first-order valence-corrected chi connectivity index (χ1v) is 14.8. The Labute approximate surface area is 239 Å². The van der Waals surface area contributed by atoms with Gasteiger partial charge in [0.05, 0.1) is 39.6 Å². The van der Waals surface area contributed by atoms with Crippen LogP contribution in [0.1, 0.15) is 84.0 Å². The van der Waals surface area contributed by atoms with Crippen LogP contribution in [0.15, 0.2) is 0 Å². The molecule has 0 atom stereocenters. The predicted molar refractivity (Wildman–Crippen MR) is 151 cm³/mol. The zero-order chi connectivity index (χ0) is 29.5. The Kier molecular flexibility index (Phi) is 28.0. The van der Waals surface area contributed by atoms with Crippen molar-refractivity contribution in [3.63, 3.8) is 0 Å². The lowest BCUT2D eigenvalue weighted by Gasteiger charge is -2.09. The summed E-state index contributed by atoms with van der Waals surface area (Å²) in [6, 6.07) is 0. The fourth-order valence-electron chi connectivity index (χ4n) is 3.66. The van der Waals surface area contributed by atoms with Gasteiger partial charge in [-0.2, -0.15) is 0 Å². The van der Waals surface area contributed by atoms with Crippen LogP contribution in [0.5, 0.6) is 0 Å². The number of amides is 3. The van der Waals surface area contributed by atoms with Crippen molar-refractivity contribution in [2.75, 3.05) is 72.5 Å². The van der Waals surface area contributed by atoms with Crippen molar-refractivity contribution in [1.29, 1.82) is 0 Å². The van der Waals surface area contributed by atoms with E-state index in [2.05, 4.69) is 16.0 Å². The van der Waals surface area contributed by atoms with Crippen molar-refractivity contribution in [2.45, 2.75) is 84.0 Å². The quantitative estimate of drug-likeness (QED) is 0.0941. The minimum atomic E-state index is -0.710. The van der Waals surface area contributed by atoms with E-state index in [0.717, 1.165) is 38.5 Å². The van der Waals surface area contributed by atoms with E-state index in [1.165, 1.54) is 25.7 Å². The Morgan fingerprint density at radius 3 is 1.38 bits per heavy atom. The number of hydrogen-bond donors (Lipinski definition) is 4. The molecule has 0 aromatic rings. The highest BCUT2D eigenvalue weighted by Gasteiger charge is 2.03. The predicted octanol–water partition coefficient (Wildman–Crippen LogP) is 2.19. The van der Waals surface area contributed by atoms with Crippen molar-refractivity contribution in [3.8, 4) is 0 Å². The van der Waals surface area contributed by atoms with Crippen molar-refractivity contribution < 1.29 is 43.2 Å². The molecule has 0 aromatic carbocycles. The molecule has 4 N–H and O–H groups in total. The smallest absolute Gasteiger partial charge is 0.303 e. The first-order chi connectivity index (χ1) is 19.5. The molecule has 0 unspecified atom stereocenters. The number of unbranched alkanes of at least 4 members (excludes halogenated alkanes) is 9. The zero-order valence-electron chi connectivity index (χ0n) is 24.5. The molecule has 0 saturated carbocycles. The number of carbonyl (C=O) groups excluding carboxylic acids is 3. The van der Waals surface area contributed by atoms with Gasteiger partial charge in [0.1, 0.15) is 13.2 Å².